The number of nitrogens with one attached hydrogen (secondary N) is 1. The Bertz CT molecular complexity index is 574. The smallest absolute Gasteiger partial charge is 0.317 e. The maximum Gasteiger partial charge on any atom is 0.317 e. The molecule has 0 aromatic carbocycles. The van der Waals surface area contributed by atoms with E-state index in [0.717, 1.165) is 24.8 Å². The van der Waals surface area contributed by atoms with Crippen LogP contribution in [-0.2, 0) is 18.3 Å². The molecule has 0 unspecified atom stereocenters. The van der Waals surface area contributed by atoms with Gasteiger partial charge in [-0.25, -0.2) is 4.79 Å². The first-order chi connectivity index (χ1) is 10.6. The van der Waals surface area contributed by atoms with Crippen LogP contribution >= 0.6 is 0 Å². The number of carbonyl (C=O) groups excluding carboxylic acids is 2. The highest BCUT2D eigenvalue weighted by molar-refractivity contribution is 5.78. The summed E-state index contributed by atoms with van der Waals surface area (Å²) in [6, 6.07) is -0.0107. The van der Waals surface area contributed by atoms with Gasteiger partial charge in [0, 0.05) is 37.3 Å². The quantitative estimate of drug-likeness (QED) is 0.842. The Balaban J connectivity index is 1.60. The lowest BCUT2D eigenvalue weighted by Crippen LogP contribution is -2.47. The summed E-state index contributed by atoms with van der Waals surface area (Å²) in [6.45, 7) is 1.18. The third-order valence-corrected chi connectivity index (χ3v) is 4.86. The average molecular weight is 305 g/mol. The number of piperidine rings is 1. The Morgan fingerprint density at radius 1 is 1.32 bits per heavy atom. The second-order valence-corrected chi connectivity index (χ2v) is 6.23. The molecule has 0 bridgehead atoms. The molecule has 2 aliphatic rings. The number of primary amides is 1. The van der Waals surface area contributed by atoms with Crippen LogP contribution in [0.1, 0.15) is 43.0 Å². The predicted molar refractivity (Wildman–Crippen MR) is 80.9 cm³/mol. The van der Waals surface area contributed by atoms with Gasteiger partial charge in [0.05, 0.1) is 12.2 Å². The lowest BCUT2D eigenvalue weighted by molar-refractivity contribution is -0.123. The van der Waals surface area contributed by atoms with Crippen molar-refractivity contribution in [3.63, 3.8) is 0 Å². The summed E-state index contributed by atoms with van der Waals surface area (Å²) in [4.78, 5) is 25.4. The average Bonchev–Trinajstić information content (AvgIpc) is 2.90. The molecule has 1 aliphatic carbocycles. The topological polar surface area (TPSA) is 93.2 Å². The van der Waals surface area contributed by atoms with Crippen molar-refractivity contribution < 1.29 is 9.59 Å². The number of carbonyl (C=O) groups is 2. The van der Waals surface area contributed by atoms with Crippen molar-refractivity contribution in [2.75, 3.05) is 13.1 Å². The highest BCUT2D eigenvalue weighted by Gasteiger charge is 2.29. The van der Waals surface area contributed by atoms with E-state index in [-0.39, 0.29) is 23.9 Å². The SMILES string of the molecule is Cn1ncc2c1CCC[C@@H]2NC(=O)N1CCC(C(N)=O)CC1. The third-order valence-electron chi connectivity index (χ3n) is 4.86. The summed E-state index contributed by atoms with van der Waals surface area (Å²) < 4.78 is 1.89. The van der Waals surface area contributed by atoms with E-state index in [1.165, 1.54) is 5.69 Å². The molecule has 1 aromatic rings. The van der Waals surface area contributed by atoms with E-state index in [4.69, 9.17) is 5.73 Å². The molecular weight excluding hydrogens is 282 g/mol. The van der Waals surface area contributed by atoms with Crippen molar-refractivity contribution in [3.8, 4) is 0 Å². The van der Waals surface area contributed by atoms with E-state index < -0.39 is 0 Å². The Hall–Kier alpha value is -2.05. The fourth-order valence-electron chi connectivity index (χ4n) is 3.46. The first-order valence-electron chi connectivity index (χ1n) is 7.92. The van der Waals surface area contributed by atoms with Gasteiger partial charge in [0.25, 0.3) is 0 Å². The van der Waals surface area contributed by atoms with Gasteiger partial charge in [0.2, 0.25) is 5.91 Å². The van der Waals surface area contributed by atoms with Crippen LogP contribution in [0.15, 0.2) is 6.20 Å². The number of nitrogens with two attached hydrogens (primary N) is 1. The number of fused-ring (bicyclic) bond motifs is 1. The monoisotopic (exact) mass is 305 g/mol. The number of aromatic nitrogens is 2. The zero-order chi connectivity index (χ0) is 15.7. The van der Waals surface area contributed by atoms with Gasteiger partial charge in [-0.3, -0.25) is 9.48 Å². The first-order valence-corrected chi connectivity index (χ1v) is 7.92. The van der Waals surface area contributed by atoms with Crippen molar-refractivity contribution in [1.82, 2.24) is 20.0 Å². The maximum absolute atomic E-state index is 12.4. The zero-order valence-electron chi connectivity index (χ0n) is 12.9. The van der Waals surface area contributed by atoms with Crippen molar-refractivity contribution in [2.24, 2.45) is 18.7 Å². The zero-order valence-corrected chi connectivity index (χ0v) is 12.9. The molecule has 3 rings (SSSR count). The molecule has 1 aromatic heterocycles. The number of nitrogens with zero attached hydrogens (tertiary/aromatic N) is 3. The summed E-state index contributed by atoms with van der Waals surface area (Å²) in [5.41, 5.74) is 7.67. The molecule has 1 atom stereocenters. The number of hydrogen-bond acceptors (Lipinski definition) is 3. The summed E-state index contributed by atoms with van der Waals surface area (Å²) in [5.74, 6) is -0.351. The fourth-order valence-corrected chi connectivity index (χ4v) is 3.46. The molecule has 120 valence electrons. The second-order valence-electron chi connectivity index (χ2n) is 6.23. The van der Waals surface area contributed by atoms with Gasteiger partial charge in [-0.1, -0.05) is 0 Å². The fraction of sp³-hybridized carbons (Fsp3) is 0.667. The summed E-state index contributed by atoms with van der Waals surface area (Å²) in [6.07, 6.45) is 6.20. The molecule has 7 nitrogen and oxygen atoms in total. The number of aryl methyl sites for hydroxylation is 1. The normalized spacial score (nSPS) is 22.2. The minimum atomic E-state index is -0.257. The van der Waals surface area contributed by atoms with Gasteiger partial charge < -0.3 is 16.0 Å². The number of rotatable bonds is 2. The Morgan fingerprint density at radius 3 is 2.73 bits per heavy atom. The van der Waals surface area contributed by atoms with Gasteiger partial charge in [-0.05, 0) is 32.1 Å². The van der Waals surface area contributed by atoms with Gasteiger partial charge in [0.15, 0.2) is 0 Å². The molecule has 22 heavy (non-hydrogen) atoms. The highest BCUT2D eigenvalue weighted by Crippen LogP contribution is 2.29. The van der Waals surface area contributed by atoms with E-state index in [1.807, 2.05) is 17.9 Å². The van der Waals surface area contributed by atoms with Crippen LogP contribution in [0, 0.1) is 5.92 Å². The molecule has 2 heterocycles. The first kappa shape index (κ1) is 14.9. The van der Waals surface area contributed by atoms with Crippen LogP contribution in [0.5, 0.6) is 0 Å². The van der Waals surface area contributed by atoms with E-state index >= 15 is 0 Å². The Kier molecular flexibility index (Phi) is 4.04. The summed E-state index contributed by atoms with van der Waals surface area (Å²) in [5, 5.41) is 7.42. The van der Waals surface area contributed by atoms with Crippen molar-refractivity contribution in [1.29, 1.82) is 0 Å². The maximum atomic E-state index is 12.4. The largest absolute Gasteiger partial charge is 0.369 e. The molecular formula is C15H23N5O2. The lowest BCUT2D eigenvalue weighted by atomic mass is 9.93. The number of likely N-dealkylation sites (tertiary alicyclic amines) is 1. The van der Waals surface area contributed by atoms with E-state index in [2.05, 4.69) is 10.4 Å². The number of hydrogen-bond donors (Lipinski definition) is 2. The minimum absolute atomic E-state index is 0.0406. The number of urea groups is 1. The molecule has 0 saturated carbocycles. The van der Waals surface area contributed by atoms with Crippen LogP contribution in [0.25, 0.3) is 0 Å². The van der Waals surface area contributed by atoms with Crippen LogP contribution in [0.4, 0.5) is 4.79 Å². The van der Waals surface area contributed by atoms with Gasteiger partial charge in [-0.15, -0.1) is 0 Å². The Labute approximate surface area is 129 Å². The number of amides is 3. The van der Waals surface area contributed by atoms with E-state index in [1.54, 1.807) is 4.90 Å². The van der Waals surface area contributed by atoms with Gasteiger partial charge >= 0.3 is 6.03 Å². The van der Waals surface area contributed by atoms with E-state index in [0.29, 0.717) is 25.9 Å². The van der Waals surface area contributed by atoms with Crippen LogP contribution in [0.2, 0.25) is 0 Å². The van der Waals surface area contributed by atoms with Crippen LogP contribution in [-0.4, -0.2) is 39.7 Å². The van der Waals surface area contributed by atoms with Gasteiger partial charge in [-0.2, -0.15) is 5.10 Å². The molecule has 0 radical (unpaired) electrons. The third kappa shape index (κ3) is 2.80. The molecule has 3 amide bonds. The van der Waals surface area contributed by atoms with Crippen molar-refractivity contribution >= 4 is 11.9 Å². The van der Waals surface area contributed by atoms with Gasteiger partial charge in [0.1, 0.15) is 0 Å². The summed E-state index contributed by atoms with van der Waals surface area (Å²) in [7, 11) is 1.94. The lowest BCUT2D eigenvalue weighted by Gasteiger charge is -2.33. The second kappa shape index (κ2) is 5.98. The molecule has 1 fully saturated rings. The van der Waals surface area contributed by atoms with Crippen molar-refractivity contribution in [3.05, 3.63) is 17.5 Å². The molecule has 1 aliphatic heterocycles. The van der Waals surface area contributed by atoms with Crippen molar-refractivity contribution in [2.45, 2.75) is 38.1 Å². The molecule has 1 saturated heterocycles. The van der Waals surface area contributed by atoms with Crippen LogP contribution in [0.3, 0.4) is 0 Å². The Morgan fingerprint density at radius 2 is 2.05 bits per heavy atom. The van der Waals surface area contributed by atoms with E-state index in [9.17, 15) is 9.59 Å². The standard InChI is InChI=1S/C15H23N5O2/c1-19-13-4-2-3-12(11(13)9-17-19)18-15(22)20-7-5-10(6-8-20)14(16)21/h9-10,12H,2-8H2,1H3,(H2,16,21)(H,18,22)/t12-/m0/s1. The summed E-state index contributed by atoms with van der Waals surface area (Å²) >= 11 is 0. The molecule has 7 heteroatoms. The predicted octanol–water partition coefficient (Wildman–Crippen LogP) is 0.704. The molecule has 3 N–H and O–H groups in total. The molecule has 0 spiro atoms. The minimum Gasteiger partial charge on any atom is -0.369 e. The van der Waals surface area contributed by atoms with Crippen LogP contribution < -0.4 is 11.1 Å². The highest BCUT2D eigenvalue weighted by atomic mass is 16.2.